The van der Waals surface area contributed by atoms with Gasteiger partial charge in [-0.25, -0.2) is 15.0 Å². The standard InChI is InChI=1S/C28H24N6O4/c1-37-10-11-38-17-7-8-18-23(13-17)30-15-31-26(18)25-19-12-16(6-9-20(19)34-28(25)36)27(35)29-14-24-32-21-4-2-3-5-22(21)33-24/h2-9,12-13,15,34,36H,10-11,14H2,1H3,(H,29,35)(H,32,33). The molecule has 38 heavy (non-hydrogen) atoms. The summed E-state index contributed by atoms with van der Waals surface area (Å²) in [5.41, 5.74) is 4.58. The van der Waals surface area contributed by atoms with Crippen molar-refractivity contribution in [1.82, 2.24) is 30.2 Å². The number of rotatable bonds is 8. The van der Waals surface area contributed by atoms with Gasteiger partial charge in [-0.2, -0.15) is 0 Å². The van der Waals surface area contributed by atoms with Crippen molar-refractivity contribution in [2.75, 3.05) is 20.3 Å². The number of para-hydroxylation sites is 2. The summed E-state index contributed by atoms with van der Waals surface area (Å²) in [5.74, 6) is 1.02. The lowest BCUT2D eigenvalue weighted by Gasteiger charge is -2.09. The molecule has 0 aliphatic heterocycles. The molecule has 0 spiro atoms. The first-order valence-electron chi connectivity index (χ1n) is 12.0. The Morgan fingerprint density at radius 2 is 1.84 bits per heavy atom. The minimum atomic E-state index is -0.260. The van der Waals surface area contributed by atoms with Gasteiger partial charge in [0, 0.05) is 35.0 Å². The maximum Gasteiger partial charge on any atom is 0.251 e. The summed E-state index contributed by atoms with van der Waals surface area (Å²) < 4.78 is 10.7. The van der Waals surface area contributed by atoms with Crippen LogP contribution in [0.4, 0.5) is 0 Å². The van der Waals surface area contributed by atoms with Gasteiger partial charge in [0.15, 0.2) is 5.88 Å². The highest BCUT2D eigenvalue weighted by atomic mass is 16.5. The zero-order valence-corrected chi connectivity index (χ0v) is 20.5. The Morgan fingerprint density at radius 3 is 2.71 bits per heavy atom. The molecule has 10 heteroatoms. The van der Waals surface area contributed by atoms with Gasteiger partial charge in [-0.15, -0.1) is 0 Å². The number of carbonyl (C=O) groups is 1. The summed E-state index contributed by atoms with van der Waals surface area (Å²) in [5, 5.41) is 15.1. The van der Waals surface area contributed by atoms with E-state index in [1.807, 2.05) is 42.5 Å². The molecule has 0 aliphatic carbocycles. The number of fused-ring (bicyclic) bond motifs is 3. The number of aromatic amines is 2. The summed E-state index contributed by atoms with van der Waals surface area (Å²) >= 11 is 0. The molecule has 4 N–H and O–H groups in total. The molecule has 0 saturated heterocycles. The topological polar surface area (TPSA) is 138 Å². The van der Waals surface area contributed by atoms with Gasteiger partial charge in [-0.05, 0) is 42.5 Å². The van der Waals surface area contributed by atoms with E-state index in [0.717, 1.165) is 16.4 Å². The maximum atomic E-state index is 13.0. The SMILES string of the molecule is COCCOc1ccc2c(-c3c(O)[nH]c4ccc(C(=O)NCc5nc6ccccc6[nH]5)cc34)ncnc2c1. The van der Waals surface area contributed by atoms with Crippen LogP contribution in [0, 0.1) is 0 Å². The minimum absolute atomic E-state index is 0.0414. The Balaban J connectivity index is 1.30. The van der Waals surface area contributed by atoms with Crippen molar-refractivity contribution in [2.45, 2.75) is 6.54 Å². The monoisotopic (exact) mass is 508 g/mol. The Bertz CT molecular complexity index is 1760. The summed E-state index contributed by atoms with van der Waals surface area (Å²) in [6.07, 6.45) is 1.44. The molecule has 6 rings (SSSR count). The number of amides is 1. The number of benzene rings is 3. The van der Waals surface area contributed by atoms with E-state index in [1.54, 1.807) is 25.3 Å². The molecule has 0 unspecified atom stereocenters. The van der Waals surface area contributed by atoms with Gasteiger partial charge in [0.1, 0.15) is 24.5 Å². The van der Waals surface area contributed by atoms with E-state index in [1.165, 1.54) is 6.33 Å². The molecule has 3 heterocycles. The van der Waals surface area contributed by atoms with Crippen LogP contribution in [0.2, 0.25) is 0 Å². The van der Waals surface area contributed by atoms with Crippen LogP contribution in [0.1, 0.15) is 16.2 Å². The van der Waals surface area contributed by atoms with Crippen LogP contribution >= 0.6 is 0 Å². The average Bonchev–Trinajstić information content (AvgIpc) is 3.50. The average molecular weight is 509 g/mol. The normalized spacial score (nSPS) is 11.4. The van der Waals surface area contributed by atoms with Crippen molar-refractivity contribution in [3.63, 3.8) is 0 Å². The minimum Gasteiger partial charge on any atom is -0.494 e. The predicted molar refractivity (Wildman–Crippen MR) is 143 cm³/mol. The lowest BCUT2D eigenvalue weighted by Crippen LogP contribution is -2.23. The highest BCUT2D eigenvalue weighted by Gasteiger charge is 2.19. The lowest BCUT2D eigenvalue weighted by molar-refractivity contribution is 0.0950. The Kier molecular flexibility index (Phi) is 6.06. The highest BCUT2D eigenvalue weighted by molar-refractivity contribution is 6.07. The third-order valence-corrected chi connectivity index (χ3v) is 6.30. The molecule has 0 bridgehead atoms. The highest BCUT2D eigenvalue weighted by Crippen LogP contribution is 2.39. The number of carbonyl (C=O) groups excluding carboxylic acids is 1. The van der Waals surface area contributed by atoms with Crippen LogP contribution in [0.3, 0.4) is 0 Å². The number of H-pyrrole nitrogens is 2. The van der Waals surface area contributed by atoms with Crippen LogP contribution < -0.4 is 10.1 Å². The number of imidazole rings is 1. The second-order valence-corrected chi connectivity index (χ2v) is 8.73. The van der Waals surface area contributed by atoms with Gasteiger partial charge < -0.3 is 29.9 Å². The number of aromatic hydroxyl groups is 1. The Hall–Kier alpha value is -4.96. The van der Waals surface area contributed by atoms with Crippen LogP contribution in [0.5, 0.6) is 11.6 Å². The lowest BCUT2D eigenvalue weighted by atomic mass is 10.0. The smallest absolute Gasteiger partial charge is 0.251 e. The fraction of sp³-hybridized carbons (Fsp3) is 0.143. The quantitative estimate of drug-likeness (QED) is 0.225. The van der Waals surface area contributed by atoms with Gasteiger partial charge in [-0.3, -0.25) is 4.79 Å². The van der Waals surface area contributed by atoms with Gasteiger partial charge in [0.25, 0.3) is 5.91 Å². The van der Waals surface area contributed by atoms with Crippen molar-refractivity contribution in [3.8, 4) is 22.9 Å². The van der Waals surface area contributed by atoms with Crippen LogP contribution in [0.15, 0.2) is 67.0 Å². The van der Waals surface area contributed by atoms with E-state index < -0.39 is 0 Å². The number of hydrogen-bond acceptors (Lipinski definition) is 7. The number of nitrogens with one attached hydrogen (secondary N) is 3. The van der Waals surface area contributed by atoms with Gasteiger partial charge >= 0.3 is 0 Å². The molecule has 6 aromatic rings. The molecule has 10 nitrogen and oxygen atoms in total. The molecule has 0 fully saturated rings. The van der Waals surface area contributed by atoms with Crippen LogP contribution in [-0.4, -0.2) is 56.3 Å². The fourth-order valence-corrected chi connectivity index (χ4v) is 4.48. The first kappa shape index (κ1) is 23.4. The number of ether oxygens (including phenoxy) is 2. The van der Waals surface area contributed by atoms with E-state index >= 15 is 0 Å². The number of methoxy groups -OCH3 is 1. The van der Waals surface area contributed by atoms with Crippen molar-refractivity contribution in [1.29, 1.82) is 0 Å². The second kappa shape index (κ2) is 9.83. The number of hydrogen-bond donors (Lipinski definition) is 4. The molecule has 0 saturated carbocycles. The largest absolute Gasteiger partial charge is 0.494 e. The van der Waals surface area contributed by atoms with Crippen molar-refractivity contribution < 1.29 is 19.4 Å². The predicted octanol–water partition coefficient (Wildman–Crippen LogP) is 4.32. The van der Waals surface area contributed by atoms with Crippen LogP contribution in [0.25, 0.3) is 44.1 Å². The molecular weight excluding hydrogens is 484 g/mol. The molecular formula is C28H24N6O4. The van der Waals surface area contributed by atoms with Crippen LogP contribution in [-0.2, 0) is 11.3 Å². The molecule has 0 aliphatic rings. The molecule has 0 radical (unpaired) electrons. The fourth-order valence-electron chi connectivity index (χ4n) is 4.48. The summed E-state index contributed by atoms with van der Waals surface area (Å²) in [4.78, 5) is 32.6. The van der Waals surface area contributed by atoms with Crippen molar-refractivity contribution in [2.24, 2.45) is 0 Å². The third kappa shape index (κ3) is 4.37. The number of nitrogens with zero attached hydrogens (tertiary/aromatic N) is 3. The zero-order chi connectivity index (χ0) is 26.1. The van der Waals surface area contributed by atoms with Gasteiger partial charge in [-0.1, -0.05) is 12.1 Å². The molecule has 3 aromatic carbocycles. The first-order valence-corrected chi connectivity index (χ1v) is 12.0. The zero-order valence-electron chi connectivity index (χ0n) is 20.5. The van der Waals surface area contributed by atoms with Gasteiger partial charge in [0.05, 0.1) is 41.0 Å². The molecule has 0 atom stereocenters. The van der Waals surface area contributed by atoms with E-state index in [0.29, 0.717) is 58.0 Å². The summed E-state index contributed by atoms with van der Waals surface area (Å²) in [6, 6.07) is 18.4. The van der Waals surface area contributed by atoms with E-state index in [-0.39, 0.29) is 18.3 Å². The van der Waals surface area contributed by atoms with Crippen molar-refractivity contribution in [3.05, 3.63) is 78.4 Å². The molecule has 1 amide bonds. The Morgan fingerprint density at radius 1 is 0.947 bits per heavy atom. The van der Waals surface area contributed by atoms with E-state index in [9.17, 15) is 9.90 Å². The maximum absolute atomic E-state index is 13.0. The molecule has 190 valence electrons. The summed E-state index contributed by atoms with van der Waals surface area (Å²) in [7, 11) is 1.62. The van der Waals surface area contributed by atoms with Gasteiger partial charge in [0.2, 0.25) is 0 Å². The van der Waals surface area contributed by atoms with E-state index in [4.69, 9.17) is 9.47 Å². The third-order valence-electron chi connectivity index (χ3n) is 6.30. The molecule has 3 aromatic heterocycles. The second-order valence-electron chi connectivity index (χ2n) is 8.73. The number of aromatic nitrogens is 5. The van der Waals surface area contributed by atoms with E-state index in [2.05, 4.69) is 30.2 Å². The first-order chi connectivity index (χ1) is 18.6. The van der Waals surface area contributed by atoms with Crippen molar-refractivity contribution >= 4 is 38.7 Å². The Labute approximate surface area is 216 Å². The summed E-state index contributed by atoms with van der Waals surface area (Å²) in [6.45, 7) is 1.15.